The van der Waals surface area contributed by atoms with E-state index in [-0.39, 0.29) is 11.5 Å². The van der Waals surface area contributed by atoms with Crippen LogP contribution >= 0.6 is 15.9 Å². The number of sulfone groups is 1. The van der Waals surface area contributed by atoms with Crippen molar-refractivity contribution in [2.24, 2.45) is 0 Å². The van der Waals surface area contributed by atoms with Gasteiger partial charge in [0.25, 0.3) is 0 Å². The van der Waals surface area contributed by atoms with Crippen LogP contribution in [0.3, 0.4) is 0 Å². The lowest BCUT2D eigenvalue weighted by atomic mass is 10.2. The van der Waals surface area contributed by atoms with E-state index in [0.29, 0.717) is 0 Å². The van der Waals surface area contributed by atoms with Crippen molar-refractivity contribution in [3.05, 3.63) is 33.8 Å². The van der Waals surface area contributed by atoms with E-state index in [1.54, 1.807) is 6.92 Å². The number of hydrogen-bond donors (Lipinski definition) is 0. The second-order valence-electron chi connectivity index (χ2n) is 3.22. The normalized spacial score (nSPS) is 11.6. The van der Waals surface area contributed by atoms with Gasteiger partial charge in [-0.25, -0.2) is 8.42 Å². The third-order valence-electron chi connectivity index (χ3n) is 2.09. The molecular weight excluding hydrogens is 264 g/mol. The van der Waals surface area contributed by atoms with Crippen molar-refractivity contribution in [1.29, 1.82) is 0 Å². The summed E-state index contributed by atoms with van der Waals surface area (Å²) in [5.41, 5.74) is 1.90. The third kappa shape index (κ3) is 2.82. The average molecular weight is 277 g/mol. The molecule has 0 fully saturated rings. The molecule has 14 heavy (non-hydrogen) atoms. The SMILES string of the molecule is CCS(=O)(=O)Cc1cccc(C)c1Br. The van der Waals surface area contributed by atoms with Gasteiger partial charge in [0.05, 0.1) is 5.75 Å². The summed E-state index contributed by atoms with van der Waals surface area (Å²) in [6, 6.07) is 5.66. The molecule has 0 aliphatic rings. The molecule has 1 aromatic rings. The zero-order valence-electron chi connectivity index (χ0n) is 8.25. The topological polar surface area (TPSA) is 34.1 Å². The summed E-state index contributed by atoms with van der Waals surface area (Å²) in [5.74, 6) is 0.305. The molecule has 0 aliphatic carbocycles. The zero-order chi connectivity index (χ0) is 10.8. The van der Waals surface area contributed by atoms with Crippen LogP contribution in [0.1, 0.15) is 18.1 Å². The maximum absolute atomic E-state index is 11.4. The second kappa shape index (κ2) is 4.45. The Bertz CT molecular complexity index is 424. The Kier molecular flexibility index (Phi) is 3.72. The molecule has 78 valence electrons. The number of rotatable bonds is 3. The Labute approximate surface area is 93.4 Å². The van der Waals surface area contributed by atoms with Gasteiger partial charge in [0, 0.05) is 10.2 Å². The molecule has 0 N–H and O–H groups in total. The van der Waals surface area contributed by atoms with Gasteiger partial charge >= 0.3 is 0 Å². The Morgan fingerprint density at radius 1 is 1.36 bits per heavy atom. The summed E-state index contributed by atoms with van der Waals surface area (Å²) in [6.45, 7) is 3.62. The molecule has 0 saturated heterocycles. The standard InChI is InChI=1S/C10H13BrO2S/c1-3-14(12,13)7-9-6-4-5-8(2)10(9)11/h4-6H,3,7H2,1-2H3. The smallest absolute Gasteiger partial charge is 0.154 e. The highest BCUT2D eigenvalue weighted by molar-refractivity contribution is 9.10. The van der Waals surface area contributed by atoms with Crippen LogP contribution in [0, 0.1) is 6.92 Å². The second-order valence-corrected chi connectivity index (χ2v) is 6.37. The van der Waals surface area contributed by atoms with Crippen LogP contribution in [0.25, 0.3) is 0 Å². The molecule has 0 atom stereocenters. The summed E-state index contributed by atoms with van der Waals surface area (Å²) < 4.78 is 23.7. The Morgan fingerprint density at radius 3 is 2.57 bits per heavy atom. The molecular formula is C10H13BrO2S. The van der Waals surface area contributed by atoms with Gasteiger partial charge in [-0.3, -0.25) is 0 Å². The van der Waals surface area contributed by atoms with E-state index in [1.807, 2.05) is 25.1 Å². The van der Waals surface area contributed by atoms with Gasteiger partial charge in [0.15, 0.2) is 9.84 Å². The van der Waals surface area contributed by atoms with Crippen LogP contribution in [0.4, 0.5) is 0 Å². The van der Waals surface area contributed by atoms with E-state index in [4.69, 9.17) is 0 Å². The summed E-state index contributed by atoms with van der Waals surface area (Å²) >= 11 is 3.40. The highest BCUT2D eigenvalue weighted by atomic mass is 79.9. The van der Waals surface area contributed by atoms with Gasteiger partial charge in [-0.2, -0.15) is 0 Å². The van der Waals surface area contributed by atoms with Crippen molar-refractivity contribution in [3.8, 4) is 0 Å². The molecule has 0 saturated carbocycles. The van der Waals surface area contributed by atoms with Gasteiger partial charge < -0.3 is 0 Å². The fourth-order valence-electron chi connectivity index (χ4n) is 1.16. The molecule has 2 nitrogen and oxygen atoms in total. The molecule has 0 amide bonds. The fraction of sp³-hybridized carbons (Fsp3) is 0.400. The van der Waals surface area contributed by atoms with Crippen molar-refractivity contribution in [3.63, 3.8) is 0 Å². The van der Waals surface area contributed by atoms with Crippen LogP contribution in [0.15, 0.2) is 22.7 Å². The van der Waals surface area contributed by atoms with Crippen molar-refractivity contribution >= 4 is 25.8 Å². The molecule has 0 aliphatic heterocycles. The minimum absolute atomic E-state index is 0.117. The minimum atomic E-state index is -2.94. The maximum Gasteiger partial charge on any atom is 0.154 e. The van der Waals surface area contributed by atoms with Crippen molar-refractivity contribution in [1.82, 2.24) is 0 Å². The lowest BCUT2D eigenvalue weighted by Crippen LogP contribution is -2.07. The third-order valence-corrected chi connectivity index (χ3v) is 4.85. The molecule has 1 aromatic carbocycles. The lowest BCUT2D eigenvalue weighted by molar-refractivity contribution is 0.596. The fourth-order valence-corrected chi connectivity index (χ4v) is 2.67. The van der Waals surface area contributed by atoms with Crippen LogP contribution in [0.2, 0.25) is 0 Å². The predicted molar refractivity (Wildman–Crippen MR) is 62.0 cm³/mol. The average Bonchev–Trinajstić information content (AvgIpc) is 2.13. The van der Waals surface area contributed by atoms with Gasteiger partial charge in [-0.15, -0.1) is 0 Å². The van der Waals surface area contributed by atoms with Gasteiger partial charge in [0.2, 0.25) is 0 Å². The first-order chi connectivity index (χ1) is 6.46. The first-order valence-electron chi connectivity index (χ1n) is 4.40. The first-order valence-corrected chi connectivity index (χ1v) is 7.02. The van der Waals surface area contributed by atoms with Gasteiger partial charge in [-0.05, 0) is 18.1 Å². The van der Waals surface area contributed by atoms with E-state index in [2.05, 4.69) is 15.9 Å². The number of hydrogen-bond acceptors (Lipinski definition) is 2. The summed E-state index contributed by atoms with van der Waals surface area (Å²) in [6.07, 6.45) is 0. The van der Waals surface area contributed by atoms with Crippen molar-refractivity contribution in [2.75, 3.05) is 5.75 Å². The zero-order valence-corrected chi connectivity index (χ0v) is 10.7. The molecule has 0 unspecified atom stereocenters. The van der Waals surface area contributed by atoms with Crippen LogP contribution in [-0.2, 0) is 15.6 Å². The first kappa shape index (κ1) is 11.7. The highest BCUT2D eigenvalue weighted by Crippen LogP contribution is 2.22. The summed E-state index contributed by atoms with van der Waals surface area (Å²) in [7, 11) is -2.94. The van der Waals surface area contributed by atoms with Crippen molar-refractivity contribution in [2.45, 2.75) is 19.6 Å². The van der Waals surface area contributed by atoms with E-state index in [0.717, 1.165) is 15.6 Å². The Balaban J connectivity index is 3.05. The van der Waals surface area contributed by atoms with Gasteiger partial charge in [-0.1, -0.05) is 41.1 Å². The summed E-state index contributed by atoms with van der Waals surface area (Å²) in [5, 5.41) is 0. The minimum Gasteiger partial charge on any atom is -0.229 e. The van der Waals surface area contributed by atoms with Crippen LogP contribution in [-0.4, -0.2) is 14.2 Å². The Hall–Kier alpha value is -0.350. The van der Waals surface area contributed by atoms with Crippen molar-refractivity contribution < 1.29 is 8.42 Å². The predicted octanol–water partition coefficient (Wildman–Crippen LogP) is 2.69. The Morgan fingerprint density at radius 2 is 2.00 bits per heavy atom. The highest BCUT2D eigenvalue weighted by Gasteiger charge is 2.11. The molecule has 0 spiro atoms. The van der Waals surface area contributed by atoms with Crippen LogP contribution in [0.5, 0.6) is 0 Å². The monoisotopic (exact) mass is 276 g/mol. The van der Waals surface area contributed by atoms with Gasteiger partial charge in [0.1, 0.15) is 0 Å². The molecule has 0 aromatic heterocycles. The van der Waals surface area contributed by atoms with E-state index >= 15 is 0 Å². The molecule has 1 rings (SSSR count). The molecule has 0 radical (unpaired) electrons. The quantitative estimate of drug-likeness (QED) is 0.851. The molecule has 4 heteroatoms. The number of aryl methyl sites for hydroxylation is 1. The number of benzene rings is 1. The molecule has 0 bridgehead atoms. The number of halogens is 1. The van der Waals surface area contributed by atoms with E-state index in [1.165, 1.54) is 0 Å². The summed E-state index contributed by atoms with van der Waals surface area (Å²) in [4.78, 5) is 0. The van der Waals surface area contributed by atoms with E-state index in [9.17, 15) is 8.42 Å². The largest absolute Gasteiger partial charge is 0.229 e. The van der Waals surface area contributed by atoms with Crippen LogP contribution < -0.4 is 0 Å². The maximum atomic E-state index is 11.4. The molecule has 0 heterocycles. The van der Waals surface area contributed by atoms with E-state index < -0.39 is 9.84 Å². The lowest BCUT2D eigenvalue weighted by Gasteiger charge is -2.06.